The number of aliphatic hydroxyl groups excluding tert-OH is 1. The van der Waals surface area contributed by atoms with Crippen LogP contribution in [0.1, 0.15) is 27.2 Å². The Labute approximate surface area is 101 Å². The summed E-state index contributed by atoms with van der Waals surface area (Å²) in [4.78, 5) is 16.8. The van der Waals surface area contributed by atoms with Crippen molar-refractivity contribution >= 4 is 5.91 Å². The first kappa shape index (κ1) is 14.4. The van der Waals surface area contributed by atoms with Crippen LogP contribution in [-0.4, -0.2) is 54.3 Å². The lowest BCUT2D eigenvalue weighted by atomic mass is 10.1. The number of aliphatic hydroxyl groups is 1. The topological polar surface area (TPSA) is 68.2 Å². The molecule has 6 nitrogen and oxygen atoms in total. The summed E-state index contributed by atoms with van der Waals surface area (Å²) in [5, 5.41) is 10.9. The molecule has 17 heavy (non-hydrogen) atoms. The second-order valence-electron chi connectivity index (χ2n) is 4.51. The van der Waals surface area contributed by atoms with Crippen LogP contribution >= 0.6 is 0 Å². The number of nitrogens with zero attached hydrogens (tertiary/aromatic N) is 1. The van der Waals surface area contributed by atoms with Gasteiger partial charge in [0.05, 0.1) is 13.2 Å². The Morgan fingerprint density at radius 2 is 2.12 bits per heavy atom. The first-order valence-electron chi connectivity index (χ1n) is 5.67. The van der Waals surface area contributed by atoms with Gasteiger partial charge in [-0.05, 0) is 20.3 Å². The van der Waals surface area contributed by atoms with E-state index in [1.807, 2.05) is 6.92 Å². The molecule has 1 aliphatic rings. The van der Waals surface area contributed by atoms with Crippen LogP contribution in [0.3, 0.4) is 0 Å². The van der Waals surface area contributed by atoms with E-state index in [9.17, 15) is 9.90 Å². The summed E-state index contributed by atoms with van der Waals surface area (Å²) in [5.74, 6) is -1.24. The van der Waals surface area contributed by atoms with Gasteiger partial charge in [-0.15, -0.1) is 0 Å². The molecule has 0 aromatic rings. The molecule has 1 aliphatic heterocycles. The van der Waals surface area contributed by atoms with Crippen molar-refractivity contribution in [3.63, 3.8) is 0 Å². The van der Waals surface area contributed by atoms with E-state index in [2.05, 4.69) is 0 Å². The summed E-state index contributed by atoms with van der Waals surface area (Å²) in [6.45, 7) is 5.24. The highest BCUT2D eigenvalue weighted by atomic mass is 16.8. The molecule has 0 saturated carbocycles. The molecule has 1 amide bonds. The Kier molecular flexibility index (Phi) is 4.48. The number of ether oxygens (including phenoxy) is 2. The highest BCUT2D eigenvalue weighted by molar-refractivity contribution is 5.80. The molecular weight excluding hydrogens is 226 g/mol. The van der Waals surface area contributed by atoms with Gasteiger partial charge in [-0.1, -0.05) is 6.92 Å². The van der Waals surface area contributed by atoms with Crippen molar-refractivity contribution < 1.29 is 24.2 Å². The van der Waals surface area contributed by atoms with E-state index in [1.54, 1.807) is 13.8 Å². The van der Waals surface area contributed by atoms with E-state index in [-0.39, 0.29) is 5.91 Å². The average molecular weight is 247 g/mol. The van der Waals surface area contributed by atoms with Crippen LogP contribution in [0.15, 0.2) is 0 Å². The van der Waals surface area contributed by atoms with Gasteiger partial charge < -0.3 is 14.6 Å². The zero-order valence-corrected chi connectivity index (χ0v) is 11.0. The minimum atomic E-state index is -0.879. The Balaban J connectivity index is 2.84. The van der Waals surface area contributed by atoms with Crippen molar-refractivity contribution in [1.82, 2.24) is 5.06 Å². The van der Waals surface area contributed by atoms with Crippen molar-refractivity contribution in [2.45, 2.75) is 51.3 Å². The van der Waals surface area contributed by atoms with Crippen LogP contribution < -0.4 is 0 Å². The number of hydrogen-bond acceptors (Lipinski definition) is 5. The Hall–Kier alpha value is -0.690. The van der Waals surface area contributed by atoms with E-state index >= 15 is 0 Å². The predicted molar refractivity (Wildman–Crippen MR) is 59.9 cm³/mol. The molecule has 3 atom stereocenters. The van der Waals surface area contributed by atoms with E-state index in [0.29, 0.717) is 6.42 Å². The van der Waals surface area contributed by atoms with Gasteiger partial charge in [0.2, 0.25) is 0 Å². The summed E-state index contributed by atoms with van der Waals surface area (Å²) in [6, 6.07) is 0. The van der Waals surface area contributed by atoms with Gasteiger partial charge in [0, 0.05) is 7.05 Å². The predicted octanol–water partition coefficient (Wildman–Crippen LogP) is 0.297. The fourth-order valence-corrected chi connectivity index (χ4v) is 1.76. The molecule has 1 saturated heterocycles. The molecule has 1 heterocycles. The smallest absolute Gasteiger partial charge is 0.277 e. The molecule has 0 bridgehead atoms. The molecule has 0 spiro atoms. The third-order valence-electron chi connectivity index (χ3n) is 2.75. The van der Waals surface area contributed by atoms with Crippen LogP contribution in [0, 0.1) is 0 Å². The second kappa shape index (κ2) is 5.30. The maximum atomic E-state index is 12.0. The van der Waals surface area contributed by atoms with Crippen molar-refractivity contribution in [3.8, 4) is 0 Å². The van der Waals surface area contributed by atoms with Gasteiger partial charge in [0.25, 0.3) is 5.91 Å². The van der Waals surface area contributed by atoms with Gasteiger partial charge in [0.1, 0.15) is 6.10 Å². The normalized spacial score (nSPS) is 29.1. The molecule has 1 rings (SSSR count). The van der Waals surface area contributed by atoms with Gasteiger partial charge in [-0.25, -0.2) is 5.06 Å². The third-order valence-corrected chi connectivity index (χ3v) is 2.75. The van der Waals surface area contributed by atoms with Crippen LogP contribution in [0.25, 0.3) is 0 Å². The van der Waals surface area contributed by atoms with E-state index in [4.69, 9.17) is 14.3 Å². The van der Waals surface area contributed by atoms with Crippen LogP contribution in [0.2, 0.25) is 0 Å². The quantitative estimate of drug-likeness (QED) is 0.723. The number of likely N-dealkylation sites (N-methyl/N-ethyl adjacent to an activating group) is 1. The number of hydrogen-bond donors (Lipinski definition) is 1. The highest BCUT2D eigenvalue weighted by Crippen LogP contribution is 2.31. The molecule has 0 aromatic carbocycles. The van der Waals surface area contributed by atoms with Crippen molar-refractivity contribution in [2.75, 3.05) is 14.2 Å². The SMILES string of the molecule is CC[C@@H](O)[C@@H]1OC(C)(C)O[C@H]1C(=O)N(C)OC. The van der Waals surface area contributed by atoms with Gasteiger partial charge in [-0.3, -0.25) is 9.63 Å². The fourth-order valence-electron chi connectivity index (χ4n) is 1.76. The maximum Gasteiger partial charge on any atom is 0.277 e. The van der Waals surface area contributed by atoms with Gasteiger partial charge in [-0.2, -0.15) is 0 Å². The zero-order chi connectivity index (χ0) is 13.2. The zero-order valence-electron chi connectivity index (χ0n) is 11.0. The Bertz CT molecular complexity index is 281. The highest BCUT2D eigenvalue weighted by Gasteiger charge is 2.48. The Morgan fingerprint density at radius 3 is 2.59 bits per heavy atom. The van der Waals surface area contributed by atoms with E-state index in [1.165, 1.54) is 14.2 Å². The molecule has 0 aromatic heterocycles. The molecular formula is C11H21NO5. The van der Waals surface area contributed by atoms with Crippen LogP contribution in [0.5, 0.6) is 0 Å². The van der Waals surface area contributed by atoms with Crippen molar-refractivity contribution in [2.24, 2.45) is 0 Å². The minimum absolute atomic E-state index is 0.365. The van der Waals surface area contributed by atoms with Gasteiger partial charge in [0.15, 0.2) is 11.9 Å². The number of carbonyl (C=O) groups is 1. The van der Waals surface area contributed by atoms with Crippen molar-refractivity contribution in [3.05, 3.63) is 0 Å². The molecule has 0 radical (unpaired) electrons. The molecule has 1 N–H and O–H groups in total. The van der Waals surface area contributed by atoms with Crippen molar-refractivity contribution in [1.29, 1.82) is 0 Å². The lowest BCUT2D eigenvalue weighted by Gasteiger charge is -2.23. The number of carbonyl (C=O) groups excluding carboxylic acids is 1. The van der Waals surface area contributed by atoms with Crippen LogP contribution in [-0.2, 0) is 19.1 Å². The van der Waals surface area contributed by atoms with E-state index < -0.39 is 24.1 Å². The monoisotopic (exact) mass is 247 g/mol. The number of rotatable bonds is 4. The first-order valence-corrected chi connectivity index (χ1v) is 5.67. The summed E-state index contributed by atoms with van der Waals surface area (Å²) in [7, 11) is 2.89. The summed E-state index contributed by atoms with van der Waals surface area (Å²) >= 11 is 0. The number of amides is 1. The van der Waals surface area contributed by atoms with Crippen LogP contribution in [0.4, 0.5) is 0 Å². The van der Waals surface area contributed by atoms with Gasteiger partial charge >= 0.3 is 0 Å². The largest absolute Gasteiger partial charge is 0.390 e. The molecule has 6 heteroatoms. The Morgan fingerprint density at radius 1 is 1.53 bits per heavy atom. The standard InChI is InChI=1S/C11H21NO5/c1-6-7(13)8-9(10(14)12(4)15-5)17-11(2,3)16-8/h7-9,13H,6H2,1-5H3/t7-,8+,9-/m1/s1. The maximum absolute atomic E-state index is 12.0. The lowest BCUT2D eigenvalue weighted by molar-refractivity contribution is -0.187. The molecule has 0 aliphatic carbocycles. The second-order valence-corrected chi connectivity index (χ2v) is 4.51. The summed E-state index contributed by atoms with van der Waals surface area (Å²) in [5.41, 5.74) is 0. The molecule has 0 unspecified atom stereocenters. The molecule has 1 fully saturated rings. The number of hydroxylamine groups is 2. The minimum Gasteiger partial charge on any atom is -0.390 e. The lowest BCUT2D eigenvalue weighted by Crippen LogP contribution is -2.45. The molecule has 100 valence electrons. The fraction of sp³-hybridized carbons (Fsp3) is 0.909. The van der Waals surface area contributed by atoms with E-state index in [0.717, 1.165) is 5.06 Å². The first-order chi connectivity index (χ1) is 7.82. The summed E-state index contributed by atoms with van der Waals surface area (Å²) < 4.78 is 11.1. The third kappa shape index (κ3) is 3.16. The summed E-state index contributed by atoms with van der Waals surface area (Å²) in [6.07, 6.45) is -1.76. The average Bonchev–Trinajstić information content (AvgIpc) is 2.62.